The van der Waals surface area contributed by atoms with Crippen molar-refractivity contribution >= 4 is 35.3 Å². The van der Waals surface area contributed by atoms with E-state index < -0.39 is 23.6 Å². The van der Waals surface area contributed by atoms with E-state index in [9.17, 15) is 14.7 Å². The molecule has 0 saturated carbocycles. The van der Waals surface area contributed by atoms with Gasteiger partial charge in [-0.3, -0.25) is 4.90 Å². The van der Waals surface area contributed by atoms with Gasteiger partial charge in [-0.25, -0.2) is 14.6 Å². The van der Waals surface area contributed by atoms with Crippen molar-refractivity contribution in [3.05, 3.63) is 63.3 Å². The van der Waals surface area contributed by atoms with Crippen LogP contribution < -0.4 is 14.8 Å². The maximum absolute atomic E-state index is 12.4. The number of carbonyl (C=O) groups is 2. The number of fused-ring (bicyclic) bond motifs is 2. The van der Waals surface area contributed by atoms with Gasteiger partial charge in [-0.2, -0.15) is 0 Å². The molecule has 9 nitrogen and oxygen atoms in total. The molecule has 1 fully saturated rings. The van der Waals surface area contributed by atoms with E-state index in [1.165, 1.54) is 4.90 Å². The van der Waals surface area contributed by atoms with Crippen molar-refractivity contribution in [3.63, 3.8) is 0 Å². The molecule has 36 heavy (non-hydrogen) atoms. The van der Waals surface area contributed by atoms with Crippen LogP contribution in [0.15, 0.2) is 42.1 Å². The summed E-state index contributed by atoms with van der Waals surface area (Å²) in [4.78, 5) is 30.5. The van der Waals surface area contributed by atoms with Crippen LogP contribution in [0.3, 0.4) is 0 Å². The Morgan fingerprint density at radius 1 is 1.22 bits per heavy atom. The number of rotatable bonds is 8. The highest BCUT2D eigenvalue weighted by atomic mass is 35.5. The fourth-order valence-electron chi connectivity index (χ4n) is 4.69. The van der Waals surface area contributed by atoms with Crippen LogP contribution >= 0.6 is 23.2 Å². The molecule has 2 unspecified atom stereocenters. The maximum atomic E-state index is 12.4. The van der Waals surface area contributed by atoms with Gasteiger partial charge in [0.05, 0.1) is 33.8 Å². The fourth-order valence-corrected chi connectivity index (χ4v) is 5.39. The van der Waals surface area contributed by atoms with Gasteiger partial charge in [0.15, 0.2) is 5.75 Å². The van der Waals surface area contributed by atoms with Crippen molar-refractivity contribution < 1.29 is 28.9 Å². The number of aromatic nitrogens is 1. The SMILES string of the molecule is CCOC(=O)C1=CCC2(c3ccc(OCCOc4c(Cl)cc(C)cc4Cl)nc3)CNCC1N2C(=O)O. The third-order valence-corrected chi connectivity index (χ3v) is 6.82. The second kappa shape index (κ2) is 10.9. The molecule has 1 aromatic carbocycles. The van der Waals surface area contributed by atoms with Gasteiger partial charge in [0.1, 0.15) is 13.2 Å². The highest BCUT2D eigenvalue weighted by Gasteiger charge is 2.52. The van der Waals surface area contributed by atoms with E-state index in [0.717, 1.165) is 5.56 Å². The number of nitrogens with one attached hydrogen (secondary N) is 1. The molecule has 2 aliphatic heterocycles. The van der Waals surface area contributed by atoms with Crippen LogP contribution in [0.25, 0.3) is 0 Å². The molecular weight excluding hydrogens is 509 g/mol. The minimum absolute atomic E-state index is 0.203. The Balaban J connectivity index is 1.45. The Morgan fingerprint density at radius 2 is 1.94 bits per heavy atom. The molecular formula is C25H27Cl2N3O6. The highest BCUT2D eigenvalue weighted by Crippen LogP contribution is 2.42. The average Bonchev–Trinajstić information content (AvgIpc) is 2.83. The normalized spacial score (nSPS) is 20.9. The first-order chi connectivity index (χ1) is 17.3. The Bertz CT molecular complexity index is 1150. The first-order valence-electron chi connectivity index (χ1n) is 11.5. The molecule has 0 radical (unpaired) electrons. The van der Waals surface area contributed by atoms with E-state index in [1.54, 1.807) is 43.5 Å². The van der Waals surface area contributed by atoms with Crippen LogP contribution in [0.2, 0.25) is 10.0 Å². The topological polar surface area (TPSA) is 110 Å². The summed E-state index contributed by atoms with van der Waals surface area (Å²) in [5, 5.41) is 14.2. The van der Waals surface area contributed by atoms with Gasteiger partial charge in [0.25, 0.3) is 0 Å². The largest absolute Gasteiger partial charge is 0.487 e. The first-order valence-corrected chi connectivity index (χ1v) is 12.3. The number of hydrogen-bond acceptors (Lipinski definition) is 7. The van der Waals surface area contributed by atoms with Crippen LogP contribution in [0, 0.1) is 6.92 Å². The molecule has 4 rings (SSSR count). The monoisotopic (exact) mass is 535 g/mol. The zero-order chi connectivity index (χ0) is 25.9. The second-order valence-corrected chi connectivity index (χ2v) is 9.37. The fraction of sp³-hybridized carbons (Fsp3) is 0.400. The third-order valence-electron chi connectivity index (χ3n) is 6.26. The first kappa shape index (κ1) is 26.1. The molecule has 2 N–H and O–H groups in total. The van der Waals surface area contributed by atoms with Crippen molar-refractivity contribution in [3.8, 4) is 11.6 Å². The van der Waals surface area contributed by atoms with Crippen LogP contribution in [-0.2, 0) is 15.1 Å². The molecule has 192 valence electrons. The Hall–Kier alpha value is -3.01. The minimum atomic E-state index is -1.11. The van der Waals surface area contributed by atoms with Crippen LogP contribution in [0.4, 0.5) is 4.79 Å². The van der Waals surface area contributed by atoms with Gasteiger partial charge in [0.2, 0.25) is 5.88 Å². The number of benzene rings is 1. The molecule has 1 saturated heterocycles. The maximum Gasteiger partial charge on any atom is 0.408 e. The molecule has 2 bridgehead atoms. The van der Waals surface area contributed by atoms with Gasteiger partial charge in [0, 0.05) is 25.4 Å². The van der Waals surface area contributed by atoms with Crippen molar-refractivity contribution in [1.29, 1.82) is 0 Å². The third kappa shape index (κ3) is 5.09. The summed E-state index contributed by atoms with van der Waals surface area (Å²) in [5.41, 5.74) is 1.08. The molecule has 2 aromatic rings. The Kier molecular flexibility index (Phi) is 7.92. The number of hydrogen-bond donors (Lipinski definition) is 2. The number of carboxylic acid groups (broad SMARTS) is 1. The molecule has 11 heteroatoms. The van der Waals surface area contributed by atoms with E-state index >= 15 is 0 Å². The number of pyridine rings is 1. The van der Waals surface area contributed by atoms with Gasteiger partial charge in [-0.1, -0.05) is 29.3 Å². The summed E-state index contributed by atoms with van der Waals surface area (Å²) in [7, 11) is 0. The van der Waals surface area contributed by atoms with E-state index in [0.29, 0.717) is 52.3 Å². The van der Waals surface area contributed by atoms with Crippen molar-refractivity contribution in [1.82, 2.24) is 15.2 Å². The highest BCUT2D eigenvalue weighted by molar-refractivity contribution is 6.37. The smallest absolute Gasteiger partial charge is 0.408 e. The number of aryl methyl sites for hydroxylation is 1. The molecule has 0 aliphatic carbocycles. The lowest BCUT2D eigenvalue weighted by molar-refractivity contribution is -0.140. The zero-order valence-electron chi connectivity index (χ0n) is 19.9. The minimum Gasteiger partial charge on any atom is -0.487 e. The predicted octanol–water partition coefficient (Wildman–Crippen LogP) is 4.19. The van der Waals surface area contributed by atoms with E-state index in [2.05, 4.69) is 10.3 Å². The number of piperazine rings is 1. The summed E-state index contributed by atoms with van der Waals surface area (Å²) >= 11 is 12.4. The number of carbonyl (C=O) groups excluding carboxylic acids is 1. The van der Waals surface area contributed by atoms with Crippen molar-refractivity contribution in [2.24, 2.45) is 0 Å². The number of amides is 1. The molecule has 1 amide bonds. The van der Waals surface area contributed by atoms with Gasteiger partial charge >= 0.3 is 12.1 Å². The lowest BCUT2D eigenvalue weighted by Gasteiger charge is -2.52. The van der Waals surface area contributed by atoms with Crippen LogP contribution in [0.5, 0.6) is 11.6 Å². The van der Waals surface area contributed by atoms with Crippen molar-refractivity contribution in [2.45, 2.75) is 31.8 Å². The standard InChI is InChI=1S/C25H27Cl2N3O6/c1-3-34-23(31)17-6-7-25(14-28-13-20(17)30(25)24(32)33)16-4-5-21(29-12-16)35-8-9-36-22-18(26)10-15(2)11-19(22)27/h4-6,10-12,20,28H,3,7-9,13-14H2,1-2H3,(H,32,33). The van der Waals surface area contributed by atoms with Gasteiger partial charge in [-0.15, -0.1) is 0 Å². The summed E-state index contributed by atoms with van der Waals surface area (Å²) < 4.78 is 16.5. The molecule has 1 aromatic heterocycles. The average molecular weight is 536 g/mol. The predicted molar refractivity (Wildman–Crippen MR) is 134 cm³/mol. The summed E-state index contributed by atoms with van der Waals surface area (Å²) in [6, 6.07) is 6.36. The van der Waals surface area contributed by atoms with E-state index in [4.69, 9.17) is 37.4 Å². The Morgan fingerprint density at radius 3 is 2.58 bits per heavy atom. The van der Waals surface area contributed by atoms with Gasteiger partial charge < -0.3 is 24.6 Å². The van der Waals surface area contributed by atoms with E-state index in [1.807, 2.05) is 6.92 Å². The van der Waals surface area contributed by atoms with Crippen LogP contribution in [-0.4, -0.2) is 66.0 Å². The molecule has 2 atom stereocenters. The molecule has 3 heterocycles. The number of ether oxygens (including phenoxy) is 3. The van der Waals surface area contributed by atoms with E-state index in [-0.39, 0.29) is 19.8 Å². The number of nitrogens with zero attached hydrogens (tertiary/aromatic N) is 2. The lowest BCUT2D eigenvalue weighted by Crippen LogP contribution is -2.67. The lowest BCUT2D eigenvalue weighted by atomic mass is 9.77. The summed E-state index contributed by atoms with van der Waals surface area (Å²) in [6.45, 7) is 4.94. The quantitative estimate of drug-likeness (QED) is 0.382. The second-order valence-electron chi connectivity index (χ2n) is 8.55. The summed E-state index contributed by atoms with van der Waals surface area (Å²) in [6.07, 6.45) is 2.59. The number of halogens is 2. The molecule has 2 aliphatic rings. The number of esters is 1. The van der Waals surface area contributed by atoms with Crippen molar-refractivity contribution in [2.75, 3.05) is 32.9 Å². The van der Waals surface area contributed by atoms with Gasteiger partial charge in [-0.05, 0) is 49.6 Å². The summed E-state index contributed by atoms with van der Waals surface area (Å²) in [5.74, 6) is 0.263. The Labute approximate surface area is 218 Å². The van der Waals surface area contributed by atoms with Crippen LogP contribution in [0.1, 0.15) is 24.5 Å². The zero-order valence-corrected chi connectivity index (χ0v) is 21.4. The molecule has 0 spiro atoms.